The fourth-order valence-corrected chi connectivity index (χ4v) is 6.94. The molecule has 2 saturated heterocycles. The van der Waals surface area contributed by atoms with Crippen molar-refractivity contribution < 1.29 is 12.8 Å². The summed E-state index contributed by atoms with van der Waals surface area (Å²) in [6.07, 6.45) is 4.21. The van der Waals surface area contributed by atoms with Crippen molar-refractivity contribution in [2.75, 3.05) is 31.9 Å². The fraction of sp³-hybridized carbons (Fsp3) is 0.684. The highest BCUT2D eigenvalue weighted by atomic mass is 32.2. The third-order valence-electron chi connectivity index (χ3n) is 6.34. The highest BCUT2D eigenvalue weighted by Crippen LogP contribution is 2.43. The largest absolute Gasteiger partial charge is 0.330 e. The van der Waals surface area contributed by atoms with Gasteiger partial charge in [0.05, 0.1) is 5.75 Å². The molecule has 4 rings (SSSR count). The molecule has 2 fully saturated rings. The quantitative estimate of drug-likeness (QED) is 0.865. The number of halogens is 1. The summed E-state index contributed by atoms with van der Waals surface area (Å²) in [4.78, 5) is 2.44. The molecule has 7 heteroatoms. The van der Waals surface area contributed by atoms with E-state index in [4.69, 9.17) is 5.73 Å². The second-order valence-electron chi connectivity index (χ2n) is 7.88. The molecule has 0 unspecified atom stereocenters. The molecule has 0 aliphatic carbocycles. The van der Waals surface area contributed by atoms with Gasteiger partial charge in [-0.05, 0) is 67.8 Å². The number of hydrogen-bond acceptors (Lipinski definition) is 4. The number of nitrogens with zero attached hydrogens (tertiary/aromatic N) is 2. The smallest absolute Gasteiger partial charge is 0.214 e. The first-order chi connectivity index (χ1) is 12.5. The molecule has 3 heterocycles. The van der Waals surface area contributed by atoms with Crippen LogP contribution in [0.25, 0.3) is 0 Å². The lowest BCUT2D eigenvalue weighted by atomic mass is 9.77. The highest BCUT2D eigenvalue weighted by Gasteiger charge is 2.45. The van der Waals surface area contributed by atoms with E-state index in [0.717, 1.165) is 44.3 Å². The minimum absolute atomic E-state index is 0.0296. The third-order valence-corrected chi connectivity index (χ3v) is 8.31. The van der Waals surface area contributed by atoms with E-state index in [1.165, 1.54) is 11.6 Å². The van der Waals surface area contributed by atoms with E-state index in [2.05, 4.69) is 4.90 Å². The number of sulfonamides is 1. The normalized spacial score (nSPS) is 29.7. The summed E-state index contributed by atoms with van der Waals surface area (Å²) in [5.74, 6) is 0.304. The summed E-state index contributed by atoms with van der Waals surface area (Å²) in [5.41, 5.74) is 7.79. The Labute approximate surface area is 155 Å². The average Bonchev–Trinajstić information content (AvgIpc) is 2.64. The molecule has 2 N–H and O–H groups in total. The van der Waals surface area contributed by atoms with Crippen LogP contribution in [0.15, 0.2) is 18.2 Å². The molecule has 0 radical (unpaired) electrons. The lowest BCUT2D eigenvalue weighted by Crippen LogP contribution is -2.57. The van der Waals surface area contributed by atoms with Crippen LogP contribution in [0.1, 0.15) is 42.9 Å². The second kappa shape index (κ2) is 7.19. The maximum atomic E-state index is 13.9. The third kappa shape index (κ3) is 3.30. The summed E-state index contributed by atoms with van der Waals surface area (Å²) in [7, 11) is -3.28. The van der Waals surface area contributed by atoms with Crippen molar-refractivity contribution in [3.63, 3.8) is 0 Å². The molecule has 0 bridgehead atoms. The van der Waals surface area contributed by atoms with Crippen molar-refractivity contribution in [2.45, 2.75) is 44.2 Å². The summed E-state index contributed by atoms with van der Waals surface area (Å²) in [6.45, 7) is 2.89. The Morgan fingerprint density at radius 2 is 2.12 bits per heavy atom. The number of hydrogen-bond donors (Lipinski definition) is 1. The molecular weight excluding hydrogens is 353 g/mol. The predicted molar refractivity (Wildman–Crippen MR) is 99.7 cm³/mol. The Kier molecular flexibility index (Phi) is 5.07. The number of rotatable bonds is 4. The van der Waals surface area contributed by atoms with Gasteiger partial charge < -0.3 is 5.73 Å². The van der Waals surface area contributed by atoms with Crippen LogP contribution in [0, 0.1) is 11.7 Å². The van der Waals surface area contributed by atoms with E-state index in [-0.39, 0.29) is 23.7 Å². The van der Waals surface area contributed by atoms with Gasteiger partial charge >= 0.3 is 0 Å². The van der Waals surface area contributed by atoms with Gasteiger partial charge in [0.2, 0.25) is 10.0 Å². The van der Waals surface area contributed by atoms with Gasteiger partial charge in [0.25, 0.3) is 0 Å². The van der Waals surface area contributed by atoms with Gasteiger partial charge in [0, 0.05) is 31.7 Å². The molecule has 3 atom stereocenters. The SMILES string of the molecule is NCCCS(=O)(=O)N1CCC[C@H]2CN3CCc4ccc(F)cc4[C@@H]3C[C@H]21. The fourth-order valence-electron chi connectivity index (χ4n) is 5.10. The molecule has 0 saturated carbocycles. The molecule has 0 spiro atoms. The van der Waals surface area contributed by atoms with Crippen LogP contribution in [-0.4, -0.2) is 55.6 Å². The Morgan fingerprint density at radius 1 is 1.27 bits per heavy atom. The minimum Gasteiger partial charge on any atom is -0.330 e. The van der Waals surface area contributed by atoms with Crippen molar-refractivity contribution in [2.24, 2.45) is 11.7 Å². The molecular formula is C19H28FN3O2S. The molecule has 0 amide bonds. The van der Waals surface area contributed by atoms with Gasteiger partial charge in [-0.2, -0.15) is 4.31 Å². The predicted octanol–water partition coefficient (Wildman–Crippen LogP) is 1.89. The zero-order valence-corrected chi connectivity index (χ0v) is 15.9. The zero-order valence-electron chi connectivity index (χ0n) is 15.1. The molecule has 0 aromatic heterocycles. The number of benzene rings is 1. The van der Waals surface area contributed by atoms with Gasteiger partial charge in [0.15, 0.2) is 0 Å². The van der Waals surface area contributed by atoms with Crippen LogP contribution in [0.4, 0.5) is 4.39 Å². The van der Waals surface area contributed by atoms with E-state index in [0.29, 0.717) is 25.4 Å². The van der Waals surface area contributed by atoms with E-state index in [1.807, 2.05) is 6.07 Å². The van der Waals surface area contributed by atoms with Crippen LogP contribution in [0.3, 0.4) is 0 Å². The van der Waals surface area contributed by atoms with Crippen molar-refractivity contribution >= 4 is 10.0 Å². The molecule has 1 aromatic rings. The molecule has 144 valence electrons. The van der Waals surface area contributed by atoms with E-state index in [1.54, 1.807) is 10.4 Å². The van der Waals surface area contributed by atoms with Gasteiger partial charge in [0.1, 0.15) is 5.82 Å². The average molecular weight is 382 g/mol. The first kappa shape index (κ1) is 18.3. The zero-order chi connectivity index (χ0) is 18.3. The maximum Gasteiger partial charge on any atom is 0.214 e. The minimum atomic E-state index is -3.28. The van der Waals surface area contributed by atoms with Gasteiger partial charge in [-0.3, -0.25) is 4.90 Å². The summed E-state index contributed by atoms with van der Waals surface area (Å²) in [6, 6.07) is 5.24. The van der Waals surface area contributed by atoms with Crippen molar-refractivity contribution in [1.82, 2.24) is 9.21 Å². The Hall–Kier alpha value is -1.02. The van der Waals surface area contributed by atoms with E-state index >= 15 is 0 Å². The number of nitrogens with two attached hydrogens (primary N) is 1. The summed E-state index contributed by atoms with van der Waals surface area (Å²) < 4.78 is 41.3. The molecule has 3 aliphatic heterocycles. The lowest BCUT2D eigenvalue weighted by Gasteiger charge is -2.51. The Bertz CT molecular complexity index is 770. The Balaban J connectivity index is 1.62. The van der Waals surface area contributed by atoms with Crippen LogP contribution in [-0.2, 0) is 16.4 Å². The number of piperidine rings is 2. The molecule has 3 aliphatic rings. The van der Waals surface area contributed by atoms with Gasteiger partial charge in [-0.15, -0.1) is 0 Å². The van der Waals surface area contributed by atoms with Crippen LogP contribution < -0.4 is 5.73 Å². The standard InChI is InChI=1S/C19H28FN3O2S/c20-16-5-4-14-6-9-22-13-15-3-1-8-23(26(24,25)10-2-7-21)18(15)12-19(22)17(14)11-16/h4-5,11,15,18-19H,1-3,6-10,12-13,21H2/t15-,18+,19-/m0/s1. The van der Waals surface area contributed by atoms with Crippen molar-refractivity contribution in [3.05, 3.63) is 35.1 Å². The maximum absolute atomic E-state index is 13.9. The molecule has 5 nitrogen and oxygen atoms in total. The number of fused-ring (bicyclic) bond motifs is 4. The van der Waals surface area contributed by atoms with Gasteiger partial charge in [-0.1, -0.05) is 6.07 Å². The van der Waals surface area contributed by atoms with Crippen LogP contribution in [0.2, 0.25) is 0 Å². The van der Waals surface area contributed by atoms with E-state index < -0.39 is 10.0 Å². The Morgan fingerprint density at radius 3 is 2.92 bits per heavy atom. The molecule has 26 heavy (non-hydrogen) atoms. The van der Waals surface area contributed by atoms with Crippen LogP contribution >= 0.6 is 0 Å². The first-order valence-corrected chi connectivity index (χ1v) is 11.3. The van der Waals surface area contributed by atoms with Crippen molar-refractivity contribution in [1.29, 1.82) is 0 Å². The van der Waals surface area contributed by atoms with Gasteiger partial charge in [-0.25, -0.2) is 12.8 Å². The van der Waals surface area contributed by atoms with Crippen LogP contribution in [0.5, 0.6) is 0 Å². The monoisotopic (exact) mass is 381 g/mol. The summed E-state index contributed by atoms with van der Waals surface area (Å²) >= 11 is 0. The highest BCUT2D eigenvalue weighted by molar-refractivity contribution is 7.89. The lowest BCUT2D eigenvalue weighted by molar-refractivity contribution is 0.0218. The van der Waals surface area contributed by atoms with E-state index in [9.17, 15) is 12.8 Å². The van der Waals surface area contributed by atoms with Crippen molar-refractivity contribution in [3.8, 4) is 0 Å². The second-order valence-corrected chi connectivity index (χ2v) is 9.92. The summed E-state index contributed by atoms with van der Waals surface area (Å²) in [5, 5.41) is 0. The first-order valence-electron chi connectivity index (χ1n) is 9.71. The molecule has 1 aromatic carbocycles. The topological polar surface area (TPSA) is 66.6 Å².